The van der Waals surface area contributed by atoms with Gasteiger partial charge in [0.1, 0.15) is 17.6 Å². The smallest absolute Gasteiger partial charge is 0.262 e. The first-order valence-electron chi connectivity index (χ1n) is 9.42. The molecule has 1 aliphatic carbocycles. The predicted octanol–water partition coefficient (Wildman–Crippen LogP) is 2.33. The van der Waals surface area contributed by atoms with Crippen LogP contribution < -0.4 is 11.2 Å². The van der Waals surface area contributed by atoms with E-state index in [1.165, 1.54) is 18.3 Å². The highest BCUT2D eigenvalue weighted by molar-refractivity contribution is 6.12. The Morgan fingerprint density at radius 2 is 2.18 bits per heavy atom. The number of allylic oxidation sites excluding steroid dienone is 1. The molecule has 3 N–H and O–H groups in total. The molecule has 1 saturated carbocycles. The van der Waals surface area contributed by atoms with Crippen LogP contribution in [0.25, 0.3) is 0 Å². The Morgan fingerprint density at radius 3 is 2.96 bits per heavy atom. The van der Waals surface area contributed by atoms with Crippen LogP contribution in [-0.2, 0) is 11.3 Å². The molecule has 0 spiro atoms. The maximum atomic E-state index is 13.9. The number of rotatable bonds is 3. The summed E-state index contributed by atoms with van der Waals surface area (Å²) in [6.07, 6.45) is 6.99. The number of nitriles is 1. The van der Waals surface area contributed by atoms with Crippen molar-refractivity contribution in [3.8, 4) is 6.07 Å². The van der Waals surface area contributed by atoms with Gasteiger partial charge in [-0.3, -0.25) is 15.2 Å². The number of fused-ring (bicyclic) bond motifs is 1. The molecule has 144 valence electrons. The highest BCUT2D eigenvalue weighted by Crippen LogP contribution is 2.36. The molecule has 0 radical (unpaired) electrons. The van der Waals surface area contributed by atoms with Gasteiger partial charge in [0.25, 0.3) is 5.91 Å². The fraction of sp³-hybridized carbons (Fsp3) is 0.400. The van der Waals surface area contributed by atoms with Gasteiger partial charge in [0.2, 0.25) is 0 Å². The molecule has 3 atom stereocenters. The van der Waals surface area contributed by atoms with E-state index in [2.05, 4.69) is 21.5 Å². The van der Waals surface area contributed by atoms with E-state index in [1.807, 2.05) is 5.01 Å². The number of amidine groups is 1. The number of hydrogen-bond acceptors (Lipinski definition) is 5. The molecule has 1 aromatic rings. The number of nitrogens with two attached hydrogens (primary N) is 1. The van der Waals surface area contributed by atoms with Crippen molar-refractivity contribution < 1.29 is 9.18 Å². The molecule has 28 heavy (non-hydrogen) atoms. The predicted molar refractivity (Wildman–Crippen MR) is 103 cm³/mol. The second-order valence-corrected chi connectivity index (χ2v) is 7.23. The Morgan fingerprint density at radius 1 is 1.36 bits per heavy atom. The lowest BCUT2D eigenvalue weighted by molar-refractivity contribution is -0.119. The molecule has 1 aromatic carbocycles. The van der Waals surface area contributed by atoms with Crippen molar-refractivity contribution in [2.75, 3.05) is 0 Å². The van der Waals surface area contributed by atoms with Gasteiger partial charge in [0.15, 0.2) is 0 Å². The van der Waals surface area contributed by atoms with E-state index >= 15 is 0 Å². The van der Waals surface area contributed by atoms with Gasteiger partial charge in [0.05, 0.1) is 29.4 Å². The summed E-state index contributed by atoms with van der Waals surface area (Å²) in [7, 11) is 0. The Balaban J connectivity index is 1.72. The number of nitrogens with one attached hydrogen (secondary N) is 1. The largest absolute Gasteiger partial charge is 0.326 e. The zero-order valence-corrected chi connectivity index (χ0v) is 15.3. The van der Waals surface area contributed by atoms with Gasteiger partial charge in [-0.2, -0.15) is 5.26 Å². The number of dihydropyridines is 1. The monoisotopic (exact) mass is 380 g/mol. The molecule has 3 aliphatic rings. The van der Waals surface area contributed by atoms with Gasteiger partial charge in [-0.1, -0.05) is 12.8 Å². The van der Waals surface area contributed by atoms with Crippen LogP contribution in [0.4, 0.5) is 10.1 Å². The number of carbonyl (C=O) groups is 1. The summed E-state index contributed by atoms with van der Waals surface area (Å²) >= 11 is 0. The van der Waals surface area contributed by atoms with E-state index in [0.29, 0.717) is 17.1 Å². The van der Waals surface area contributed by atoms with Crippen LogP contribution in [0.5, 0.6) is 0 Å². The molecule has 0 bridgehead atoms. The van der Waals surface area contributed by atoms with Crippen molar-refractivity contribution in [1.82, 2.24) is 10.4 Å². The van der Waals surface area contributed by atoms with Crippen molar-refractivity contribution in [3.63, 3.8) is 0 Å². The molecule has 2 fully saturated rings. The Labute approximate surface area is 162 Å². The van der Waals surface area contributed by atoms with Crippen molar-refractivity contribution in [1.29, 1.82) is 5.26 Å². The zero-order valence-electron chi connectivity index (χ0n) is 15.3. The van der Waals surface area contributed by atoms with Gasteiger partial charge in [-0.05, 0) is 42.7 Å². The topological polar surface area (TPSA) is 107 Å². The molecule has 7 nitrogen and oxygen atoms in total. The van der Waals surface area contributed by atoms with E-state index in [4.69, 9.17) is 5.73 Å². The van der Waals surface area contributed by atoms with Crippen molar-refractivity contribution in [2.24, 2.45) is 27.6 Å². The fourth-order valence-electron chi connectivity index (χ4n) is 4.10. The lowest BCUT2D eigenvalue weighted by Crippen LogP contribution is -2.46. The number of aliphatic imine (C=N–C) groups is 2. The molecule has 1 unspecified atom stereocenters. The third-order valence-electron chi connectivity index (χ3n) is 5.43. The summed E-state index contributed by atoms with van der Waals surface area (Å²) in [6.45, 7) is 0.193. The third-order valence-corrected chi connectivity index (χ3v) is 5.43. The van der Waals surface area contributed by atoms with Gasteiger partial charge in [0, 0.05) is 12.8 Å². The molecular formula is C20H21FN6O. The number of halogens is 1. The standard InChI is InChI=1S/C20H21FN6O/c21-14-7-12(10-22)8-15(9-14)25-19-18-17(5-6-24-20(18)28)27(26-19)16-4-2-1-3-13(16)11-23/h5-9,13,16,18H,1-4,10,22H2,(H,25,26)/t13-,16+,18?/m1/s1. The van der Waals surface area contributed by atoms with Crippen LogP contribution in [0.3, 0.4) is 0 Å². The molecule has 0 aromatic heterocycles. The first kappa shape index (κ1) is 18.3. The first-order chi connectivity index (χ1) is 13.6. The van der Waals surface area contributed by atoms with Crippen molar-refractivity contribution >= 4 is 23.6 Å². The molecule has 4 rings (SSSR count). The average molecular weight is 380 g/mol. The first-order valence-corrected chi connectivity index (χ1v) is 9.42. The number of hydrazine groups is 1. The minimum Gasteiger partial charge on any atom is -0.326 e. The summed E-state index contributed by atoms with van der Waals surface area (Å²) in [5, 5.41) is 11.4. The van der Waals surface area contributed by atoms with Gasteiger partial charge in [-0.25, -0.2) is 14.4 Å². The van der Waals surface area contributed by atoms with E-state index in [-0.39, 0.29) is 24.4 Å². The quantitative estimate of drug-likeness (QED) is 0.837. The van der Waals surface area contributed by atoms with Gasteiger partial charge >= 0.3 is 0 Å². The maximum absolute atomic E-state index is 13.9. The van der Waals surface area contributed by atoms with Crippen molar-refractivity contribution in [2.45, 2.75) is 38.3 Å². The number of benzene rings is 1. The Hall–Kier alpha value is -3.05. The molecular weight excluding hydrogens is 359 g/mol. The molecule has 1 saturated heterocycles. The maximum Gasteiger partial charge on any atom is 0.262 e. The lowest BCUT2D eigenvalue weighted by Gasteiger charge is -2.36. The number of amides is 1. The van der Waals surface area contributed by atoms with Gasteiger partial charge < -0.3 is 5.73 Å². The molecule has 8 heteroatoms. The van der Waals surface area contributed by atoms with Gasteiger partial charge in [-0.15, -0.1) is 0 Å². The van der Waals surface area contributed by atoms with E-state index < -0.39 is 11.7 Å². The second-order valence-electron chi connectivity index (χ2n) is 7.23. The highest BCUT2D eigenvalue weighted by atomic mass is 19.1. The minimum absolute atomic E-state index is 0.0494. The summed E-state index contributed by atoms with van der Waals surface area (Å²) in [4.78, 5) is 20.9. The van der Waals surface area contributed by atoms with E-state index in [9.17, 15) is 14.4 Å². The lowest BCUT2D eigenvalue weighted by atomic mass is 9.84. The number of carbonyl (C=O) groups excluding carboxylic acids is 1. The Kier molecular flexibility index (Phi) is 4.92. The summed E-state index contributed by atoms with van der Waals surface area (Å²) in [5.41, 5.74) is 10.6. The number of nitrogens with zero attached hydrogens (tertiary/aromatic N) is 4. The average Bonchev–Trinajstić information content (AvgIpc) is 3.07. The van der Waals surface area contributed by atoms with Crippen LogP contribution in [0.2, 0.25) is 0 Å². The third kappa shape index (κ3) is 3.29. The summed E-state index contributed by atoms with van der Waals surface area (Å²) in [6, 6.07) is 6.70. The molecule has 2 aliphatic heterocycles. The summed E-state index contributed by atoms with van der Waals surface area (Å²) in [5.74, 6) is -1.17. The SMILES string of the molecule is N#C[C@H]1CCCC[C@@H]1N1NC(=Nc2cc(F)cc(CN)c2)C2C(=O)N=CC=C21. The fourth-order valence-corrected chi connectivity index (χ4v) is 4.10. The van der Waals surface area contributed by atoms with E-state index in [1.54, 1.807) is 12.1 Å². The van der Waals surface area contributed by atoms with Crippen LogP contribution in [0.15, 0.2) is 40.0 Å². The number of hydrogen-bond donors (Lipinski definition) is 2. The van der Waals surface area contributed by atoms with Crippen molar-refractivity contribution in [3.05, 3.63) is 41.4 Å². The highest BCUT2D eigenvalue weighted by Gasteiger charge is 2.45. The normalized spacial score (nSPS) is 28.0. The second kappa shape index (κ2) is 7.52. The van der Waals surface area contributed by atoms with Crippen LogP contribution in [-0.4, -0.2) is 29.0 Å². The zero-order chi connectivity index (χ0) is 19.7. The summed E-state index contributed by atoms with van der Waals surface area (Å²) < 4.78 is 13.9. The van der Waals surface area contributed by atoms with Crippen LogP contribution >= 0.6 is 0 Å². The molecule has 1 amide bonds. The van der Waals surface area contributed by atoms with Crippen LogP contribution in [0.1, 0.15) is 31.2 Å². The molecule has 2 heterocycles. The van der Waals surface area contributed by atoms with Crippen LogP contribution in [0, 0.1) is 29.0 Å². The van der Waals surface area contributed by atoms with E-state index in [0.717, 1.165) is 31.4 Å². The Bertz CT molecular complexity index is 931. The minimum atomic E-state index is -0.670.